The Labute approximate surface area is 142 Å². The van der Waals surface area contributed by atoms with Crippen LogP contribution in [0.2, 0.25) is 0 Å². The van der Waals surface area contributed by atoms with Gasteiger partial charge in [0.25, 0.3) is 0 Å². The highest BCUT2D eigenvalue weighted by atomic mass is 35.5. The van der Waals surface area contributed by atoms with Gasteiger partial charge in [0.1, 0.15) is 11.5 Å². The maximum absolute atomic E-state index is 11.4. The van der Waals surface area contributed by atoms with Crippen LogP contribution in [0.4, 0.5) is 0 Å². The number of aliphatic hydroxyl groups is 1. The molecule has 0 radical (unpaired) electrons. The van der Waals surface area contributed by atoms with Gasteiger partial charge in [0, 0.05) is 11.6 Å². The van der Waals surface area contributed by atoms with Gasteiger partial charge in [-0.05, 0) is 30.7 Å². The molecule has 0 fully saturated rings. The van der Waals surface area contributed by atoms with Gasteiger partial charge in [-0.25, -0.2) is 4.79 Å². The van der Waals surface area contributed by atoms with Crippen LogP contribution in [0.5, 0.6) is 0 Å². The minimum Gasteiger partial charge on any atom is -0.465 e. The molecule has 1 atom stereocenters. The SMILES string of the molecule is CCC(CO)NCc1ccc(-c2ccc(C(=O)OC)cc2)o1.Cl. The summed E-state index contributed by atoms with van der Waals surface area (Å²) in [6.07, 6.45) is 0.860. The minimum atomic E-state index is -0.356. The van der Waals surface area contributed by atoms with Crippen molar-refractivity contribution in [2.75, 3.05) is 13.7 Å². The summed E-state index contributed by atoms with van der Waals surface area (Å²) in [5.74, 6) is 1.19. The van der Waals surface area contributed by atoms with Gasteiger partial charge in [-0.2, -0.15) is 0 Å². The predicted octanol–water partition coefficient (Wildman–Crippen LogP) is 3.02. The van der Waals surface area contributed by atoms with E-state index in [1.165, 1.54) is 7.11 Å². The highest BCUT2D eigenvalue weighted by Crippen LogP contribution is 2.22. The number of nitrogens with one attached hydrogen (secondary N) is 1. The number of methoxy groups -OCH3 is 1. The largest absolute Gasteiger partial charge is 0.465 e. The first kappa shape index (κ1) is 19.2. The first-order chi connectivity index (χ1) is 10.7. The fourth-order valence-electron chi connectivity index (χ4n) is 2.10. The Balaban J connectivity index is 0.00000264. The molecule has 1 unspecified atom stereocenters. The zero-order valence-electron chi connectivity index (χ0n) is 13.2. The summed E-state index contributed by atoms with van der Waals surface area (Å²) < 4.78 is 10.4. The number of rotatable bonds is 7. The molecule has 1 heterocycles. The third kappa shape index (κ3) is 5.10. The van der Waals surface area contributed by atoms with Gasteiger partial charge in [-0.1, -0.05) is 19.1 Å². The van der Waals surface area contributed by atoms with E-state index in [2.05, 4.69) is 10.1 Å². The lowest BCUT2D eigenvalue weighted by molar-refractivity contribution is 0.0600. The van der Waals surface area contributed by atoms with Gasteiger partial charge in [-0.15, -0.1) is 12.4 Å². The molecule has 23 heavy (non-hydrogen) atoms. The summed E-state index contributed by atoms with van der Waals surface area (Å²) in [4.78, 5) is 11.4. The number of hydrogen-bond donors (Lipinski definition) is 2. The number of carbonyl (C=O) groups excluding carboxylic acids is 1. The number of furan rings is 1. The Morgan fingerprint density at radius 3 is 2.52 bits per heavy atom. The maximum Gasteiger partial charge on any atom is 0.337 e. The molecule has 1 aromatic heterocycles. The molecule has 0 amide bonds. The molecule has 0 aliphatic rings. The third-order valence-corrected chi connectivity index (χ3v) is 3.53. The number of ether oxygens (including phenoxy) is 1. The molecule has 0 aliphatic carbocycles. The Kier molecular flexibility index (Phi) is 7.81. The molecule has 2 rings (SSSR count). The number of carbonyl (C=O) groups is 1. The molecular weight excluding hydrogens is 318 g/mol. The van der Waals surface area contributed by atoms with Gasteiger partial charge >= 0.3 is 5.97 Å². The van der Waals surface area contributed by atoms with E-state index in [9.17, 15) is 4.79 Å². The quantitative estimate of drug-likeness (QED) is 0.759. The van der Waals surface area contributed by atoms with Gasteiger partial charge in [0.15, 0.2) is 0 Å². The lowest BCUT2D eigenvalue weighted by Gasteiger charge is -2.12. The molecule has 0 bridgehead atoms. The third-order valence-electron chi connectivity index (χ3n) is 3.53. The van der Waals surface area contributed by atoms with Crippen molar-refractivity contribution in [2.45, 2.75) is 25.9 Å². The van der Waals surface area contributed by atoms with Crippen LogP contribution in [0.1, 0.15) is 29.5 Å². The summed E-state index contributed by atoms with van der Waals surface area (Å²) in [7, 11) is 1.36. The number of hydrogen-bond acceptors (Lipinski definition) is 5. The Bertz CT molecular complexity index is 605. The van der Waals surface area contributed by atoms with Crippen LogP contribution < -0.4 is 5.32 Å². The van der Waals surface area contributed by atoms with E-state index < -0.39 is 0 Å². The molecule has 0 saturated carbocycles. The zero-order valence-corrected chi connectivity index (χ0v) is 14.1. The molecule has 0 aliphatic heterocycles. The van der Waals surface area contributed by atoms with Gasteiger partial charge in [0.05, 0.1) is 25.8 Å². The highest BCUT2D eigenvalue weighted by molar-refractivity contribution is 5.89. The van der Waals surface area contributed by atoms with Crippen LogP contribution >= 0.6 is 12.4 Å². The van der Waals surface area contributed by atoms with E-state index in [1.807, 2.05) is 31.2 Å². The molecule has 5 nitrogen and oxygen atoms in total. The second-order valence-electron chi connectivity index (χ2n) is 5.00. The molecule has 2 N–H and O–H groups in total. The second kappa shape index (κ2) is 9.35. The standard InChI is InChI=1S/C17H21NO4.ClH/c1-3-14(11-19)18-10-15-8-9-16(22-15)12-4-6-13(7-5-12)17(20)21-2;/h4-9,14,18-19H,3,10-11H2,1-2H3;1H. The molecule has 0 saturated heterocycles. The smallest absolute Gasteiger partial charge is 0.337 e. The van der Waals surface area contributed by atoms with E-state index in [0.29, 0.717) is 12.1 Å². The molecule has 126 valence electrons. The van der Waals surface area contributed by atoms with E-state index in [4.69, 9.17) is 9.52 Å². The van der Waals surface area contributed by atoms with Crippen molar-refractivity contribution in [1.29, 1.82) is 0 Å². The van der Waals surface area contributed by atoms with Gasteiger partial charge in [0.2, 0.25) is 0 Å². The lowest BCUT2D eigenvalue weighted by atomic mass is 10.1. The Morgan fingerprint density at radius 1 is 1.26 bits per heavy atom. The normalized spacial score (nSPS) is 11.6. The van der Waals surface area contributed by atoms with Crippen molar-refractivity contribution in [1.82, 2.24) is 5.32 Å². The van der Waals surface area contributed by atoms with Crippen molar-refractivity contribution in [3.63, 3.8) is 0 Å². The number of esters is 1. The second-order valence-corrected chi connectivity index (χ2v) is 5.00. The predicted molar refractivity (Wildman–Crippen MR) is 90.7 cm³/mol. The molecule has 2 aromatic rings. The van der Waals surface area contributed by atoms with Crippen molar-refractivity contribution in [3.05, 3.63) is 47.7 Å². The van der Waals surface area contributed by atoms with Crippen molar-refractivity contribution >= 4 is 18.4 Å². The van der Waals surface area contributed by atoms with Crippen molar-refractivity contribution in [3.8, 4) is 11.3 Å². The summed E-state index contributed by atoms with van der Waals surface area (Å²) >= 11 is 0. The maximum atomic E-state index is 11.4. The van der Waals surface area contributed by atoms with Crippen molar-refractivity contribution < 1.29 is 19.1 Å². The first-order valence-corrected chi connectivity index (χ1v) is 7.29. The molecular formula is C17H22ClNO4. The fourth-order valence-corrected chi connectivity index (χ4v) is 2.10. The van der Waals surface area contributed by atoms with Gasteiger partial charge in [-0.3, -0.25) is 0 Å². The number of aliphatic hydroxyl groups excluding tert-OH is 1. The van der Waals surface area contributed by atoms with Crippen molar-refractivity contribution in [2.24, 2.45) is 0 Å². The van der Waals surface area contributed by atoms with Crippen LogP contribution in [0.3, 0.4) is 0 Å². The molecule has 6 heteroatoms. The van der Waals surface area contributed by atoms with E-state index in [1.54, 1.807) is 12.1 Å². The van der Waals surface area contributed by atoms with Crippen LogP contribution in [0.25, 0.3) is 11.3 Å². The zero-order chi connectivity index (χ0) is 15.9. The molecule has 0 spiro atoms. The van der Waals surface area contributed by atoms with E-state index in [0.717, 1.165) is 23.5 Å². The summed E-state index contributed by atoms with van der Waals surface area (Å²) in [5, 5.41) is 12.4. The average Bonchev–Trinajstić information content (AvgIpc) is 3.04. The highest BCUT2D eigenvalue weighted by Gasteiger charge is 2.09. The summed E-state index contributed by atoms with van der Waals surface area (Å²) in [6.45, 7) is 2.70. The van der Waals surface area contributed by atoms with Gasteiger partial charge < -0.3 is 19.6 Å². The summed E-state index contributed by atoms with van der Waals surface area (Å²) in [6, 6.07) is 10.9. The summed E-state index contributed by atoms with van der Waals surface area (Å²) in [5.41, 5.74) is 1.40. The van der Waals surface area contributed by atoms with Crippen LogP contribution in [-0.2, 0) is 11.3 Å². The Hall–Kier alpha value is -1.82. The molecule has 1 aromatic carbocycles. The van der Waals surface area contributed by atoms with E-state index >= 15 is 0 Å². The monoisotopic (exact) mass is 339 g/mol. The van der Waals surface area contributed by atoms with Crippen LogP contribution in [0.15, 0.2) is 40.8 Å². The number of halogens is 1. The minimum absolute atomic E-state index is 0. The topological polar surface area (TPSA) is 71.7 Å². The fraction of sp³-hybridized carbons (Fsp3) is 0.353. The number of benzene rings is 1. The Morgan fingerprint density at radius 2 is 1.96 bits per heavy atom. The van der Waals surface area contributed by atoms with E-state index in [-0.39, 0.29) is 31.0 Å². The first-order valence-electron chi connectivity index (χ1n) is 7.29. The average molecular weight is 340 g/mol. The van der Waals surface area contributed by atoms with Crippen LogP contribution in [0, 0.1) is 0 Å². The van der Waals surface area contributed by atoms with Crippen LogP contribution in [-0.4, -0.2) is 30.8 Å². The lowest BCUT2D eigenvalue weighted by Crippen LogP contribution is -2.30.